The molecule has 2 heterocycles. The molecule has 0 aliphatic carbocycles. The van der Waals surface area contributed by atoms with Gasteiger partial charge in [0, 0.05) is 22.7 Å². The van der Waals surface area contributed by atoms with Crippen molar-refractivity contribution in [3.63, 3.8) is 0 Å². The molecule has 5 heteroatoms. The Morgan fingerprint density at radius 2 is 2.15 bits per heavy atom. The van der Waals surface area contributed by atoms with Gasteiger partial charge in [-0.2, -0.15) is 0 Å². The predicted octanol–water partition coefficient (Wildman–Crippen LogP) is 4.57. The van der Waals surface area contributed by atoms with Crippen LogP contribution in [-0.4, -0.2) is 5.91 Å². The normalized spacial score (nSPS) is 15.4. The van der Waals surface area contributed by atoms with Crippen LogP contribution in [0.4, 0.5) is 11.4 Å². The molecule has 0 radical (unpaired) electrons. The third-order valence-electron chi connectivity index (χ3n) is 3.40. The molecular weight excluding hydrogens is 336 g/mol. The number of halogens is 1. The number of carbonyl (C=O) groups is 1. The van der Waals surface area contributed by atoms with Crippen molar-refractivity contribution in [1.29, 1.82) is 0 Å². The van der Waals surface area contributed by atoms with Crippen molar-refractivity contribution in [2.24, 2.45) is 0 Å². The van der Waals surface area contributed by atoms with Gasteiger partial charge in [-0.15, -0.1) is 11.3 Å². The highest BCUT2D eigenvalue weighted by atomic mass is 79.9. The number of fused-ring (bicyclic) bond motifs is 1. The number of hydrogen-bond acceptors (Lipinski definition) is 3. The molecule has 0 spiro atoms. The Labute approximate surface area is 130 Å². The van der Waals surface area contributed by atoms with Crippen molar-refractivity contribution in [3.05, 3.63) is 44.6 Å². The SMILES string of the molecule is CC(Nc1ccc2c(c1)CCC(=O)N2)c1ccc(Br)s1. The van der Waals surface area contributed by atoms with Crippen LogP contribution in [0.5, 0.6) is 0 Å². The van der Waals surface area contributed by atoms with E-state index in [4.69, 9.17) is 0 Å². The standard InChI is InChI=1S/C15H15BrN2OS/c1-9(13-5-6-14(16)20-13)17-11-3-4-12-10(8-11)2-7-15(19)18-12/h3-6,8-9,17H,2,7H2,1H3,(H,18,19). The van der Waals surface area contributed by atoms with Crippen LogP contribution in [-0.2, 0) is 11.2 Å². The molecule has 1 aromatic carbocycles. The number of anilines is 2. The van der Waals surface area contributed by atoms with E-state index in [0.717, 1.165) is 21.6 Å². The molecule has 1 aromatic heterocycles. The quantitative estimate of drug-likeness (QED) is 0.851. The molecule has 2 N–H and O–H groups in total. The van der Waals surface area contributed by atoms with Gasteiger partial charge in [0.1, 0.15) is 0 Å². The zero-order valence-corrected chi connectivity index (χ0v) is 13.5. The predicted molar refractivity (Wildman–Crippen MR) is 87.4 cm³/mol. The first-order chi connectivity index (χ1) is 9.61. The van der Waals surface area contributed by atoms with Crippen LogP contribution >= 0.6 is 27.3 Å². The third kappa shape index (κ3) is 2.88. The average molecular weight is 351 g/mol. The maximum atomic E-state index is 11.3. The Kier molecular flexibility index (Phi) is 3.81. The number of hydrogen-bond donors (Lipinski definition) is 2. The summed E-state index contributed by atoms with van der Waals surface area (Å²) in [6.07, 6.45) is 1.39. The smallest absolute Gasteiger partial charge is 0.224 e. The Bertz CT molecular complexity index is 653. The fraction of sp³-hybridized carbons (Fsp3) is 0.267. The van der Waals surface area contributed by atoms with Gasteiger partial charge in [0.25, 0.3) is 0 Å². The van der Waals surface area contributed by atoms with Crippen LogP contribution in [0.1, 0.15) is 29.8 Å². The number of rotatable bonds is 3. The third-order valence-corrected chi connectivity index (χ3v) is 5.21. The highest BCUT2D eigenvalue weighted by Gasteiger charge is 2.15. The van der Waals surface area contributed by atoms with Gasteiger partial charge in [-0.25, -0.2) is 0 Å². The topological polar surface area (TPSA) is 41.1 Å². The molecule has 0 fully saturated rings. The van der Waals surface area contributed by atoms with E-state index >= 15 is 0 Å². The van der Waals surface area contributed by atoms with Gasteiger partial charge < -0.3 is 10.6 Å². The second-order valence-electron chi connectivity index (χ2n) is 4.93. The van der Waals surface area contributed by atoms with Crippen LogP contribution in [0, 0.1) is 0 Å². The average Bonchev–Trinajstić information content (AvgIpc) is 2.86. The lowest BCUT2D eigenvalue weighted by Gasteiger charge is -2.19. The van der Waals surface area contributed by atoms with Crippen LogP contribution in [0.2, 0.25) is 0 Å². The van der Waals surface area contributed by atoms with Crippen LogP contribution in [0.15, 0.2) is 34.1 Å². The van der Waals surface area contributed by atoms with E-state index in [2.05, 4.69) is 51.7 Å². The number of benzene rings is 1. The lowest BCUT2D eigenvalue weighted by atomic mass is 10.0. The lowest BCUT2D eigenvalue weighted by molar-refractivity contribution is -0.116. The molecule has 2 aromatic rings. The number of aryl methyl sites for hydroxylation is 1. The second-order valence-corrected chi connectivity index (χ2v) is 7.42. The number of thiophene rings is 1. The summed E-state index contributed by atoms with van der Waals surface area (Å²) in [5.41, 5.74) is 3.24. The second kappa shape index (κ2) is 5.58. The van der Waals surface area contributed by atoms with Gasteiger partial charge in [0.2, 0.25) is 5.91 Å². The minimum Gasteiger partial charge on any atom is -0.378 e. The van der Waals surface area contributed by atoms with Gasteiger partial charge in [-0.3, -0.25) is 4.79 Å². The Balaban J connectivity index is 1.76. The summed E-state index contributed by atoms with van der Waals surface area (Å²) in [6, 6.07) is 10.6. The summed E-state index contributed by atoms with van der Waals surface area (Å²) in [4.78, 5) is 12.6. The number of amides is 1. The first-order valence-electron chi connectivity index (χ1n) is 6.56. The van der Waals surface area contributed by atoms with Crippen molar-refractivity contribution in [3.8, 4) is 0 Å². The van der Waals surface area contributed by atoms with Crippen LogP contribution in [0.25, 0.3) is 0 Å². The van der Waals surface area contributed by atoms with Crippen molar-refractivity contribution < 1.29 is 4.79 Å². The molecular formula is C15H15BrN2OS. The number of nitrogens with one attached hydrogen (secondary N) is 2. The summed E-state index contributed by atoms with van der Waals surface area (Å²) in [5.74, 6) is 0.106. The fourth-order valence-corrected chi connectivity index (χ4v) is 3.78. The van der Waals surface area contributed by atoms with Crippen LogP contribution in [0.3, 0.4) is 0 Å². The van der Waals surface area contributed by atoms with E-state index in [0.29, 0.717) is 6.42 Å². The first-order valence-corrected chi connectivity index (χ1v) is 8.17. The van der Waals surface area contributed by atoms with Gasteiger partial charge in [-0.05, 0) is 65.2 Å². The maximum absolute atomic E-state index is 11.3. The molecule has 20 heavy (non-hydrogen) atoms. The lowest BCUT2D eigenvalue weighted by Crippen LogP contribution is -2.19. The summed E-state index contributed by atoms with van der Waals surface area (Å²) >= 11 is 5.23. The maximum Gasteiger partial charge on any atom is 0.224 e. The minimum atomic E-state index is 0.106. The van der Waals surface area contributed by atoms with E-state index in [1.807, 2.05) is 12.1 Å². The highest BCUT2D eigenvalue weighted by molar-refractivity contribution is 9.11. The van der Waals surface area contributed by atoms with E-state index in [9.17, 15) is 4.79 Å². The monoisotopic (exact) mass is 350 g/mol. The fourth-order valence-electron chi connectivity index (χ4n) is 2.36. The molecule has 3 rings (SSSR count). The van der Waals surface area contributed by atoms with E-state index in [-0.39, 0.29) is 11.9 Å². The number of carbonyl (C=O) groups excluding carboxylic acids is 1. The van der Waals surface area contributed by atoms with E-state index < -0.39 is 0 Å². The molecule has 0 saturated heterocycles. The summed E-state index contributed by atoms with van der Waals surface area (Å²) in [7, 11) is 0. The highest BCUT2D eigenvalue weighted by Crippen LogP contribution is 2.31. The zero-order valence-electron chi connectivity index (χ0n) is 11.1. The first kappa shape index (κ1) is 13.6. The summed E-state index contributed by atoms with van der Waals surface area (Å²) in [5, 5.41) is 6.41. The largest absolute Gasteiger partial charge is 0.378 e. The van der Waals surface area contributed by atoms with Crippen molar-refractivity contribution in [2.45, 2.75) is 25.8 Å². The molecule has 1 atom stereocenters. The molecule has 0 bridgehead atoms. The zero-order chi connectivity index (χ0) is 14.1. The molecule has 0 saturated carbocycles. The molecule has 3 nitrogen and oxygen atoms in total. The van der Waals surface area contributed by atoms with Gasteiger partial charge in [0.05, 0.1) is 9.83 Å². The van der Waals surface area contributed by atoms with Crippen molar-refractivity contribution >= 4 is 44.5 Å². The Morgan fingerprint density at radius 1 is 1.30 bits per heavy atom. The molecule has 1 amide bonds. The summed E-state index contributed by atoms with van der Waals surface area (Å²) < 4.78 is 1.15. The van der Waals surface area contributed by atoms with Gasteiger partial charge in [0.15, 0.2) is 0 Å². The van der Waals surface area contributed by atoms with Crippen molar-refractivity contribution in [2.75, 3.05) is 10.6 Å². The van der Waals surface area contributed by atoms with Crippen molar-refractivity contribution in [1.82, 2.24) is 0 Å². The van der Waals surface area contributed by atoms with E-state index in [1.54, 1.807) is 11.3 Å². The molecule has 1 aliphatic heterocycles. The van der Waals surface area contributed by atoms with E-state index in [1.165, 1.54) is 10.4 Å². The molecule has 104 valence electrons. The minimum absolute atomic E-state index is 0.106. The Hall–Kier alpha value is -1.33. The van der Waals surface area contributed by atoms with Gasteiger partial charge >= 0.3 is 0 Å². The molecule has 1 unspecified atom stereocenters. The van der Waals surface area contributed by atoms with Crippen LogP contribution < -0.4 is 10.6 Å². The summed E-state index contributed by atoms with van der Waals surface area (Å²) in [6.45, 7) is 2.15. The van der Waals surface area contributed by atoms with Gasteiger partial charge in [-0.1, -0.05) is 0 Å². The molecule has 1 aliphatic rings. The Morgan fingerprint density at radius 3 is 2.90 bits per heavy atom.